The van der Waals surface area contributed by atoms with Gasteiger partial charge in [-0.3, -0.25) is 25.8 Å². The van der Waals surface area contributed by atoms with Crippen LogP contribution in [0, 0.1) is 5.82 Å². The molecular weight excluding hydrogens is 357 g/mol. The molecule has 136 valence electrons. The van der Waals surface area contributed by atoms with Crippen LogP contribution >= 0.6 is 12.2 Å². The molecule has 0 aliphatic heterocycles. The summed E-state index contributed by atoms with van der Waals surface area (Å²) in [5.41, 5.74) is 4.94. The zero-order chi connectivity index (χ0) is 18.9. The standard InChI is InChI=1S/C18H18FN3O3S/c1-2-11-25-15-10-6-4-8-13(15)17(24)21-22-18(26)20-16(23)12-7-3-5-9-14(12)19/h3-10H,2,11H2,1H3,(H,21,24)(H2,20,22,23,26). The quantitative estimate of drug-likeness (QED) is 0.553. The maximum absolute atomic E-state index is 13.6. The van der Waals surface area contributed by atoms with Crippen molar-refractivity contribution in [3.8, 4) is 5.75 Å². The van der Waals surface area contributed by atoms with Crippen LogP contribution < -0.4 is 20.9 Å². The molecule has 0 aromatic heterocycles. The van der Waals surface area contributed by atoms with Gasteiger partial charge in [-0.2, -0.15) is 0 Å². The number of benzene rings is 2. The van der Waals surface area contributed by atoms with Crippen LogP contribution in [-0.2, 0) is 0 Å². The SMILES string of the molecule is CCCOc1ccccc1C(=O)NNC(=S)NC(=O)c1ccccc1F. The molecule has 2 amide bonds. The van der Waals surface area contributed by atoms with Gasteiger partial charge in [0.15, 0.2) is 5.11 Å². The topological polar surface area (TPSA) is 79.5 Å². The van der Waals surface area contributed by atoms with E-state index in [-0.39, 0.29) is 10.7 Å². The van der Waals surface area contributed by atoms with Crippen LogP contribution in [-0.4, -0.2) is 23.5 Å². The molecule has 2 aromatic rings. The van der Waals surface area contributed by atoms with E-state index in [4.69, 9.17) is 17.0 Å². The number of para-hydroxylation sites is 1. The highest BCUT2D eigenvalue weighted by Gasteiger charge is 2.14. The maximum atomic E-state index is 13.6. The van der Waals surface area contributed by atoms with Crippen molar-refractivity contribution in [3.63, 3.8) is 0 Å². The van der Waals surface area contributed by atoms with E-state index >= 15 is 0 Å². The van der Waals surface area contributed by atoms with Gasteiger partial charge in [0.25, 0.3) is 11.8 Å². The van der Waals surface area contributed by atoms with Crippen molar-refractivity contribution < 1.29 is 18.7 Å². The first-order valence-electron chi connectivity index (χ1n) is 7.91. The number of hydrazine groups is 1. The highest BCUT2D eigenvalue weighted by Crippen LogP contribution is 2.17. The Morgan fingerprint density at radius 3 is 2.35 bits per heavy atom. The summed E-state index contributed by atoms with van der Waals surface area (Å²) < 4.78 is 19.1. The lowest BCUT2D eigenvalue weighted by atomic mass is 10.2. The molecule has 6 nitrogen and oxygen atoms in total. The highest BCUT2D eigenvalue weighted by molar-refractivity contribution is 7.80. The lowest BCUT2D eigenvalue weighted by Crippen LogP contribution is -2.48. The van der Waals surface area contributed by atoms with E-state index in [9.17, 15) is 14.0 Å². The predicted molar refractivity (Wildman–Crippen MR) is 99.3 cm³/mol. The molecule has 0 saturated heterocycles. The first kappa shape index (κ1) is 19.3. The molecular formula is C18H18FN3O3S. The molecule has 0 spiro atoms. The van der Waals surface area contributed by atoms with Crippen molar-refractivity contribution in [2.24, 2.45) is 0 Å². The molecule has 8 heteroatoms. The van der Waals surface area contributed by atoms with E-state index in [1.807, 2.05) is 6.92 Å². The largest absolute Gasteiger partial charge is 0.493 e. The lowest BCUT2D eigenvalue weighted by molar-refractivity contribution is 0.0930. The number of thiocarbonyl (C=S) groups is 1. The zero-order valence-electron chi connectivity index (χ0n) is 14.0. The number of hydrogen-bond donors (Lipinski definition) is 3. The number of carbonyl (C=O) groups is 2. The van der Waals surface area contributed by atoms with Crippen LogP contribution in [0.25, 0.3) is 0 Å². The van der Waals surface area contributed by atoms with Crippen molar-refractivity contribution in [2.75, 3.05) is 6.61 Å². The summed E-state index contributed by atoms with van der Waals surface area (Å²) in [5.74, 6) is -1.44. The molecule has 0 unspecified atom stereocenters. The number of amides is 2. The minimum absolute atomic E-state index is 0.152. The molecule has 3 N–H and O–H groups in total. The average Bonchev–Trinajstić information content (AvgIpc) is 2.65. The summed E-state index contributed by atoms with van der Waals surface area (Å²) in [5, 5.41) is 2.12. The summed E-state index contributed by atoms with van der Waals surface area (Å²) in [6.07, 6.45) is 0.806. The zero-order valence-corrected chi connectivity index (χ0v) is 14.9. The van der Waals surface area contributed by atoms with Crippen LogP contribution in [0.5, 0.6) is 5.75 Å². The van der Waals surface area contributed by atoms with Crippen molar-refractivity contribution in [2.45, 2.75) is 13.3 Å². The molecule has 0 radical (unpaired) electrons. The second-order valence-electron chi connectivity index (χ2n) is 5.19. The summed E-state index contributed by atoms with van der Waals surface area (Å²) >= 11 is 4.93. The minimum Gasteiger partial charge on any atom is -0.493 e. The van der Waals surface area contributed by atoms with E-state index < -0.39 is 17.6 Å². The van der Waals surface area contributed by atoms with Gasteiger partial charge < -0.3 is 4.74 Å². The highest BCUT2D eigenvalue weighted by atomic mass is 32.1. The Labute approximate surface area is 155 Å². The van der Waals surface area contributed by atoms with Crippen LogP contribution in [0.3, 0.4) is 0 Å². The van der Waals surface area contributed by atoms with Gasteiger partial charge in [-0.1, -0.05) is 31.2 Å². The van der Waals surface area contributed by atoms with Gasteiger partial charge in [0, 0.05) is 0 Å². The molecule has 0 saturated carbocycles. The Balaban J connectivity index is 1.92. The molecule has 26 heavy (non-hydrogen) atoms. The van der Waals surface area contributed by atoms with Crippen molar-refractivity contribution >= 4 is 29.1 Å². The number of halogens is 1. The van der Waals surface area contributed by atoms with Gasteiger partial charge in [0.2, 0.25) is 0 Å². The second kappa shape index (κ2) is 9.47. The van der Waals surface area contributed by atoms with Crippen molar-refractivity contribution in [3.05, 3.63) is 65.5 Å². The van der Waals surface area contributed by atoms with Gasteiger partial charge in [-0.15, -0.1) is 0 Å². The minimum atomic E-state index is -0.721. The number of carbonyl (C=O) groups excluding carboxylic acids is 2. The Hall–Kier alpha value is -3.00. The van der Waals surface area contributed by atoms with E-state index in [1.54, 1.807) is 24.3 Å². The number of ether oxygens (including phenoxy) is 1. The number of nitrogens with one attached hydrogen (secondary N) is 3. The van der Waals surface area contributed by atoms with E-state index in [0.717, 1.165) is 6.42 Å². The molecule has 0 heterocycles. The van der Waals surface area contributed by atoms with Gasteiger partial charge in [0.05, 0.1) is 17.7 Å². The molecule has 0 aliphatic rings. The Morgan fingerprint density at radius 2 is 1.65 bits per heavy atom. The van der Waals surface area contributed by atoms with E-state index in [1.165, 1.54) is 24.3 Å². The Bertz CT molecular complexity index is 814. The molecule has 0 fully saturated rings. The third kappa shape index (κ3) is 5.25. The van der Waals surface area contributed by atoms with Crippen molar-refractivity contribution in [1.29, 1.82) is 0 Å². The third-order valence-corrected chi connectivity index (χ3v) is 3.43. The monoisotopic (exact) mass is 375 g/mol. The maximum Gasteiger partial charge on any atom is 0.273 e. The summed E-state index contributed by atoms with van der Waals surface area (Å²) in [4.78, 5) is 24.2. The fourth-order valence-corrected chi connectivity index (χ4v) is 2.16. The number of rotatable bonds is 5. The first-order chi connectivity index (χ1) is 12.5. The average molecular weight is 375 g/mol. The molecule has 2 aromatic carbocycles. The van der Waals surface area contributed by atoms with Crippen molar-refractivity contribution in [1.82, 2.24) is 16.2 Å². The van der Waals surface area contributed by atoms with Crippen LogP contribution in [0.2, 0.25) is 0 Å². The van der Waals surface area contributed by atoms with Gasteiger partial charge in [-0.25, -0.2) is 4.39 Å². The first-order valence-corrected chi connectivity index (χ1v) is 8.31. The van der Waals surface area contributed by atoms with Gasteiger partial charge in [0.1, 0.15) is 11.6 Å². The molecule has 0 aliphatic carbocycles. The summed E-state index contributed by atoms with van der Waals surface area (Å²) in [6.45, 7) is 2.44. The van der Waals surface area contributed by atoms with Crippen LogP contribution in [0.15, 0.2) is 48.5 Å². The molecule has 2 rings (SSSR count). The van der Waals surface area contributed by atoms with Gasteiger partial charge >= 0.3 is 0 Å². The summed E-state index contributed by atoms with van der Waals surface area (Å²) in [6, 6.07) is 12.2. The van der Waals surface area contributed by atoms with E-state index in [2.05, 4.69) is 16.2 Å². The summed E-state index contributed by atoms with van der Waals surface area (Å²) in [7, 11) is 0. The van der Waals surface area contributed by atoms with Crippen LogP contribution in [0.1, 0.15) is 34.1 Å². The molecule has 0 bridgehead atoms. The number of hydrogen-bond acceptors (Lipinski definition) is 4. The van der Waals surface area contributed by atoms with E-state index in [0.29, 0.717) is 17.9 Å². The van der Waals surface area contributed by atoms with Gasteiger partial charge in [-0.05, 0) is 42.9 Å². The smallest absolute Gasteiger partial charge is 0.273 e. The normalized spacial score (nSPS) is 9.92. The fourth-order valence-electron chi connectivity index (χ4n) is 2.02. The second-order valence-corrected chi connectivity index (χ2v) is 5.60. The Morgan fingerprint density at radius 1 is 1.00 bits per heavy atom. The van der Waals surface area contributed by atoms with Crippen LogP contribution in [0.4, 0.5) is 4.39 Å². The predicted octanol–water partition coefficient (Wildman–Crippen LogP) is 2.56. The fraction of sp³-hybridized carbons (Fsp3) is 0.167. The third-order valence-electron chi connectivity index (χ3n) is 3.23. The Kier molecular flexibility index (Phi) is 7.04. The lowest BCUT2D eigenvalue weighted by Gasteiger charge is -2.13. The molecule has 0 atom stereocenters.